The summed E-state index contributed by atoms with van der Waals surface area (Å²) in [5, 5.41) is 15.2. The minimum absolute atomic E-state index is 0.0960. The number of nitrogens with zero attached hydrogens (tertiary/aromatic N) is 7. The van der Waals surface area contributed by atoms with Gasteiger partial charge in [-0.05, 0) is 48.5 Å². The van der Waals surface area contributed by atoms with E-state index in [1.54, 1.807) is 16.8 Å². The number of anilines is 3. The molecular weight excluding hydrogens is 345 g/mol. The fourth-order valence-electron chi connectivity index (χ4n) is 1.95. The van der Waals surface area contributed by atoms with E-state index in [1.165, 1.54) is 23.9 Å². The third-order valence-electron chi connectivity index (χ3n) is 3.08. The van der Waals surface area contributed by atoms with Crippen molar-refractivity contribution in [3.63, 3.8) is 0 Å². The van der Waals surface area contributed by atoms with E-state index in [9.17, 15) is 4.39 Å². The van der Waals surface area contributed by atoms with Gasteiger partial charge in [0.25, 0.3) is 0 Å². The van der Waals surface area contributed by atoms with Crippen molar-refractivity contribution in [2.45, 2.75) is 30.8 Å². The van der Waals surface area contributed by atoms with Crippen LogP contribution >= 0.6 is 11.8 Å². The molecule has 0 aliphatic heterocycles. The van der Waals surface area contributed by atoms with Crippen LogP contribution in [0.5, 0.6) is 0 Å². The van der Waals surface area contributed by atoms with Crippen LogP contribution in [-0.4, -0.2) is 35.2 Å². The summed E-state index contributed by atoms with van der Waals surface area (Å²) in [6.45, 7) is 3.98. The van der Waals surface area contributed by atoms with Crippen molar-refractivity contribution >= 4 is 29.3 Å². The molecule has 0 aliphatic rings. The first-order chi connectivity index (χ1) is 12.0. The third kappa shape index (κ3) is 4.38. The molecule has 3 aromatic rings. The number of halogens is 1. The maximum atomic E-state index is 13.0. The lowest BCUT2D eigenvalue weighted by atomic mass is 10.3. The van der Waals surface area contributed by atoms with Crippen molar-refractivity contribution < 1.29 is 4.39 Å². The normalized spacial score (nSPS) is 11.0. The number of tetrazole rings is 1. The summed E-state index contributed by atoms with van der Waals surface area (Å²) in [5.74, 6) is 0.982. The summed E-state index contributed by atoms with van der Waals surface area (Å²) in [4.78, 5) is 12.5. The Bertz CT molecular complexity index is 850. The summed E-state index contributed by atoms with van der Waals surface area (Å²) in [7, 11) is 0. The molecule has 25 heavy (non-hydrogen) atoms. The summed E-state index contributed by atoms with van der Waals surface area (Å²) in [6, 6.07) is 6.00. The van der Waals surface area contributed by atoms with Crippen LogP contribution in [0.4, 0.5) is 22.0 Å². The summed E-state index contributed by atoms with van der Waals surface area (Å²) in [5.41, 5.74) is 6.39. The van der Waals surface area contributed by atoms with Crippen molar-refractivity contribution in [2.75, 3.05) is 11.1 Å². The topological polar surface area (TPSA) is 120 Å². The van der Waals surface area contributed by atoms with E-state index in [-0.39, 0.29) is 23.8 Å². The fraction of sp³-hybridized carbons (Fsp3) is 0.286. The van der Waals surface area contributed by atoms with Gasteiger partial charge in [0.15, 0.2) is 0 Å². The highest BCUT2D eigenvalue weighted by atomic mass is 32.2. The number of hydrogen-bond acceptors (Lipinski definition) is 9. The number of aromatic nitrogens is 7. The van der Waals surface area contributed by atoms with Gasteiger partial charge in [-0.25, -0.2) is 9.07 Å². The molecule has 3 N–H and O–H groups in total. The van der Waals surface area contributed by atoms with Crippen molar-refractivity contribution in [3.05, 3.63) is 35.9 Å². The van der Waals surface area contributed by atoms with Gasteiger partial charge in [0, 0.05) is 5.69 Å². The number of rotatable bonds is 6. The maximum absolute atomic E-state index is 13.0. The highest BCUT2D eigenvalue weighted by Gasteiger charge is 2.12. The lowest BCUT2D eigenvalue weighted by Crippen LogP contribution is -2.08. The molecule has 9 nitrogen and oxygen atoms in total. The Morgan fingerprint density at radius 2 is 1.96 bits per heavy atom. The van der Waals surface area contributed by atoms with Crippen LogP contribution in [-0.2, 0) is 5.75 Å². The minimum atomic E-state index is -0.319. The Labute approximate surface area is 147 Å². The molecule has 0 fully saturated rings. The van der Waals surface area contributed by atoms with Gasteiger partial charge in [0.2, 0.25) is 17.1 Å². The molecule has 0 aliphatic carbocycles. The molecule has 0 bridgehead atoms. The summed E-state index contributed by atoms with van der Waals surface area (Å²) < 4.78 is 14.7. The lowest BCUT2D eigenvalue weighted by molar-refractivity contribution is 0.477. The number of nitrogen functional groups attached to an aromatic ring is 1. The SMILES string of the molecule is CC(C)n1nnnc1SCc1nc(N)nc(Nc2ccc(F)cc2)n1. The highest BCUT2D eigenvalue weighted by molar-refractivity contribution is 7.98. The Hall–Kier alpha value is -2.82. The molecule has 3 rings (SSSR count). The van der Waals surface area contributed by atoms with Crippen molar-refractivity contribution in [1.29, 1.82) is 0 Å². The molecule has 130 valence electrons. The number of benzene rings is 1. The smallest absolute Gasteiger partial charge is 0.232 e. The zero-order valence-corrected chi connectivity index (χ0v) is 14.4. The Kier molecular flexibility index (Phi) is 5.03. The Balaban J connectivity index is 1.73. The molecule has 0 unspecified atom stereocenters. The summed E-state index contributed by atoms with van der Waals surface area (Å²) in [6.07, 6.45) is 0. The van der Waals surface area contributed by atoms with Gasteiger partial charge in [0.1, 0.15) is 11.6 Å². The fourth-order valence-corrected chi connectivity index (χ4v) is 2.82. The average molecular weight is 361 g/mol. The molecule has 11 heteroatoms. The van der Waals surface area contributed by atoms with Crippen LogP contribution < -0.4 is 11.1 Å². The molecular formula is C14H16FN9S. The summed E-state index contributed by atoms with van der Waals surface area (Å²) >= 11 is 1.40. The number of nitrogens with one attached hydrogen (secondary N) is 1. The van der Waals surface area contributed by atoms with E-state index in [1.807, 2.05) is 13.8 Å². The molecule has 1 aromatic carbocycles. The monoisotopic (exact) mass is 361 g/mol. The Morgan fingerprint density at radius 3 is 2.68 bits per heavy atom. The second-order valence-corrected chi connectivity index (χ2v) is 6.30. The van der Waals surface area contributed by atoms with Crippen LogP contribution in [0, 0.1) is 5.82 Å². The number of nitrogens with two attached hydrogens (primary N) is 1. The van der Waals surface area contributed by atoms with Gasteiger partial charge < -0.3 is 11.1 Å². The molecule has 0 radical (unpaired) electrons. The molecule has 0 saturated heterocycles. The molecule has 0 amide bonds. The zero-order valence-electron chi connectivity index (χ0n) is 13.6. The highest BCUT2D eigenvalue weighted by Crippen LogP contribution is 2.22. The van der Waals surface area contributed by atoms with Crippen LogP contribution in [0.3, 0.4) is 0 Å². The van der Waals surface area contributed by atoms with Gasteiger partial charge in [-0.15, -0.1) is 5.10 Å². The van der Waals surface area contributed by atoms with Gasteiger partial charge in [-0.3, -0.25) is 0 Å². The lowest BCUT2D eigenvalue weighted by Gasteiger charge is -2.08. The van der Waals surface area contributed by atoms with E-state index in [0.29, 0.717) is 22.4 Å². The van der Waals surface area contributed by atoms with Crippen molar-refractivity contribution in [3.8, 4) is 0 Å². The van der Waals surface area contributed by atoms with Crippen LogP contribution in [0.1, 0.15) is 25.7 Å². The van der Waals surface area contributed by atoms with Gasteiger partial charge >= 0.3 is 0 Å². The predicted molar refractivity (Wildman–Crippen MR) is 91.7 cm³/mol. The Morgan fingerprint density at radius 1 is 1.20 bits per heavy atom. The molecule has 2 heterocycles. The maximum Gasteiger partial charge on any atom is 0.232 e. The van der Waals surface area contributed by atoms with Crippen molar-refractivity contribution in [1.82, 2.24) is 35.2 Å². The second kappa shape index (κ2) is 7.38. The molecule has 0 spiro atoms. The van der Waals surface area contributed by atoms with Crippen LogP contribution in [0.25, 0.3) is 0 Å². The first-order valence-corrected chi connectivity index (χ1v) is 8.43. The molecule has 0 atom stereocenters. The van der Waals surface area contributed by atoms with E-state index in [0.717, 1.165) is 0 Å². The largest absolute Gasteiger partial charge is 0.368 e. The number of thioether (sulfide) groups is 1. The minimum Gasteiger partial charge on any atom is -0.368 e. The standard InChI is InChI=1S/C14H16FN9S/c1-8(2)24-14(21-22-23-24)25-7-11-18-12(16)20-13(19-11)17-10-5-3-9(15)4-6-10/h3-6,8H,7H2,1-2H3,(H3,16,17,18,19,20). The van der Waals surface area contributed by atoms with Crippen LogP contribution in [0.15, 0.2) is 29.4 Å². The molecule has 0 saturated carbocycles. The predicted octanol–water partition coefficient (Wildman–Crippen LogP) is 2.20. The van der Waals surface area contributed by atoms with Crippen molar-refractivity contribution in [2.24, 2.45) is 0 Å². The van der Waals surface area contributed by atoms with E-state index in [4.69, 9.17) is 5.73 Å². The van der Waals surface area contributed by atoms with Gasteiger partial charge in [0.05, 0.1) is 11.8 Å². The zero-order chi connectivity index (χ0) is 17.8. The second-order valence-electron chi connectivity index (χ2n) is 5.35. The van der Waals surface area contributed by atoms with Gasteiger partial charge in [-0.1, -0.05) is 11.8 Å². The van der Waals surface area contributed by atoms with E-state index in [2.05, 4.69) is 35.8 Å². The third-order valence-corrected chi connectivity index (χ3v) is 4.01. The van der Waals surface area contributed by atoms with Crippen LogP contribution in [0.2, 0.25) is 0 Å². The first-order valence-electron chi connectivity index (χ1n) is 7.45. The molecule has 2 aromatic heterocycles. The van der Waals surface area contributed by atoms with Gasteiger partial charge in [-0.2, -0.15) is 15.0 Å². The van der Waals surface area contributed by atoms with E-state index < -0.39 is 0 Å². The average Bonchev–Trinajstić information content (AvgIpc) is 3.03. The quantitative estimate of drug-likeness (QED) is 0.636. The first kappa shape index (κ1) is 17.0. The number of hydrogen-bond donors (Lipinski definition) is 2. The van der Waals surface area contributed by atoms with E-state index >= 15 is 0 Å².